The zero-order chi connectivity index (χ0) is 12.6. The molecule has 0 aromatic carbocycles. The minimum Gasteiger partial charge on any atom is -0.316 e. The third-order valence-electron chi connectivity index (χ3n) is 6.33. The summed E-state index contributed by atoms with van der Waals surface area (Å²) in [6.45, 7) is 7.35. The van der Waals surface area contributed by atoms with E-state index in [9.17, 15) is 0 Å². The van der Waals surface area contributed by atoms with Crippen molar-refractivity contribution < 1.29 is 0 Å². The predicted molar refractivity (Wildman–Crippen MR) is 77.6 cm³/mol. The van der Waals surface area contributed by atoms with E-state index in [1.165, 1.54) is 45.2 Å². The standard InChI is InChI=1S/C17H31N/c1-3-6-17(12-18-13-17)11-15-9-16(10-15)7-5-14(4-2)8-16/h14-15,18H,3-13H2,1-2H3. The summed E-state index contributed by atoms with van der Waals surface area (Å²) in [5.41, 5.74) is 1.54. The van der Waals surface area contributed by atoms with Crippen molar-refractivity contribution in [3.05, 3.63) is 0 Å². The van der Waals surface area contributed by atoms with Gasteiger partial charge in [0.05, 0.1) is 0 Å². The van der Waals surface area contributed by atoms with E-state index in [2.05, 4.69) is 19.2 Å². The van der Waals surface area contributed by atoms with Crippen molar-refractivity contribution in [1.29, 1.82) is 0 Å². The van der Waals surface area contributed by atoms with Crippen LogP contribution in [0.2, 0.25) is 0 Å². The largest absolute Gasteiger partial charge is 0.316 e. The van der Waals surface area contributed by atoms with Gasteiger partial charge in [-0.1, -0.05) is 26.7 Å². The second-order valence-corrected chi connectivity index (χ2v) is 7.85. The normalized spacial score (nSPS) is 41.7. The molecule has 1 atom stereocenters. The molecular weight excluding hydrogens is 218 g/mol. The minimum atomic E-state index is 0.712. The molecule has 1 heteroatoms. The van der Waals surface area contributed by atoms with Gasteiger partial charge in [0.1, 0.15) is 0 Å². The molecule has 0 aromatic heterocycles. The van der Waals surface area contributed by atoms with Crippen LogP contribution in [0.4, 0.5) is 0 Å². The molecule has 1 heterocycles. The lowest BCUT2D eigenvalue weighted by molar-refractivity contribution is 0.000140. The molecule has 0 bridgehead atoms. The van der Waals surface area contributed by atoms with Crippen LogP contribution in [0.1, 0.15) is 71.6 Å². The topological polar surface area (TPSA) is 12.0 Å². The van der Waals surface area contributed by atoms with Gasteiger partial charge in [0.2, 0.25) is 0 Å². The first kappa shape index (κ1) is 13.0. The molecule has 1 spiro atoms. The molecule has 0 radical (unpaired) electrons. The van der Waals surface area contributed by atoms with Crippen LogP contribution in [0.3, 0.4) is 0 Å². The average molecular weight is 249 g/mol. The number of hydrogen-bond donors (Lipinski definition) is 1. The summed E-state index contributed by atoms with van der Waals surface area (Å²) in [7, 11) is 0. The van der Waals surface area contributed by atoms with E-state index in [1.807, 2.05) is 0 Å². The van der Waals surface area contributed by atoms with E-state index in [1.54, 1.807) is 25.7 Å². The summed E-state index contributed by atoms with van der Waals surface area (Å²) in [6.07, 6.45) is 13.6. The maximum absolute atomic E-state index is 3.52. The highest BCUT2D eigenvalue weighted by atomic mass is 15.0. The first-order valence-corrected chi connectivity index (χ1v) is 8.40. The van der Waals surface area contributed by atoms with Crippen LogP contribution in [0.25, 0.3) is 0 Å². The second-order valence-electron chi connectivity index (χ2n) is 7.85. The Hall–Kier alpha value is -0.0400. The highest BCUT2D eigenvalue weighted by Gasteiger charge is 2.50. The predicted octanol–water partition coefficient (Wildman–Crippen LogP) is 4.37. The molecule has 2 aliphatic carbocycles. The van der Waals surface area contributed by atoms with E-state index in [0.717, 1.165) is 17.3 Å². The van der Waals surface area contributed by atoms with E-state index in [-0.39, 0.29) is 0 Å². The Labute approximate surface area is 113 Å². The van der Waals surface area contributed by atoms with Crippen molar-refractivity contribution >= 4 is 0 Å². The maximum Gasteiger partial charge on any atom is 0.00203 e. The van der Waals surface area contributed by atoms with Crippen LogP contribution in [-0.4, -0.2) is 13.1 Å². The quantitative estimate of drug-likeness (QED) is 0.763. The minimum absolute atomic E-state index is 0.712. The monoisotopic (exact) mass is 249 g/mol. The van der Waals surface area contributed by atoms with Crippen LogP contribution in [0, 0.1) is 22.7 Å². The van der Waals surface area contributed by atoms with Gasteiger partial charge in [-0.3, -0.25) is 0 Å². The Morgan fingerprint density at radius 2 is 1.78 bits per heavy atom. The molecule has 1 nitrogen and oxygen atoms in total. The summed E-state index contributed by atoms with van der Waals surface area (Å²) >= 11 is 0. The van der Waals surface area contributed by atoms with Crippen LogP contribution in [0.5, 0.6) is 0 Å². The van der Waals surface area contributed by atoms with Crippen LogP contribution in [-0.2, 0) is 0 Å². The third-order valence-corrected chi connectivity index (χ3v) is 6.33. The fourth-order valence-corrected chi connectivity index (χ4v) is 5.40. The van der Waals surface area contributed by atoms with Gasteiger partial charge < -0.3 is 5.32 Å². The Kier molecular flexibility index (Phi) is 3.47. The van der Waals surface area contributed by atoms with Gasteiger partial charge in [0.15, 0.2) is 0 Å². The SMILES string of the molecule is CCCC1(CC2CC3(CCC(CC)C3)C2)CNC1. The molecule has 104 valence electrons. The van der Waals surface area contributed by atoms with Crippen molar-refractivity contribution in [3.8, 4) is 0 Å². The van der Waals surface area contributed by atoms with Crippen molar-refractivity contribution in [1.82, 2.24) is 5.32 Å². The van der Waals surface area contributed by atoms with Crippen molar-refractivity contribution in [2.75, 3.05) is 13.1 Å². The van der Waals surface area contributed by atoms with E-state index >= 15 is 0 Å². The lowest BCUT2D eigenvalue weighted by Gasteiger charge is -2.52. The van der Waals surface area contributed by atoms with Gasteiger partial charge in [0.25, 0.3) is 0 Å². The fraction of sp³-hybridized carbons (Fsp3) is 1.00. The molecule has 0 amide bonds. The van der Waals surface area contributed by atoms with E-state index in [0.29, 0.717) is 5.41 Å². The van der Waals surface area contributed by atoms with E-state index < -0.39 is 0 Å². The van der Waals surface area contributed by atoms with Crippen molar-refractivity contribution in [2.24, 2.45) is 22.7 Å². The first-order valence-electron chi connectivity index (χ1n) is 8.40. The summed E-state index contributed by atoms with van der Waals surface area (Å²) in [5, 5.41) is 3.52. The van der Waals surface area contributed by atoms with Crippen molar-refractivity contribution in [2.45, 2.75) is 71.6 Å². The zero-order valence-electron chi connectivity index (χ0n) is 12.4. The molecule has 18 heavy (non-hydrogen) atoms. The van der Waals surface area contributed by atoms with Crippen LogP contribution in [0.15, 0.2) is 0 Å². The highest BCUT2D eigenvalue weighted by Crippen LogP contribution is 2.60. The Morgan fingerprint density at radius 1 is 1.06 bits per heavy atom. The Balaban J connectivity index is 1.48. The third kappa shape index (κ3) is 2.24. The smallest absolute Gasteiger partial charge is 0.00203 e. The van der Waals surface area contributed by atoms with Crippen LogP contribution >= 0.6 is 0 Å². The summed E-state index contributed by atoms with van der Waals surface area (Å²) in [6, 6.07) is 0. The Bertz CT molecular complexity index is 286. The molecule has 1 N–H and O–H groups in total. The fourth-order valence-electron chi connectivity index (χ4n) is 5.40. The molecule has 1 unspecified atom stereocenters. The summed E-state index contributed by atoms with van der Waals surface area (Å²) in [4.78, 5) is 0. The number of nitrogens with one attached hydrogen (secondary N) is 1. The molecule has 1 aliphatic heterocycles. The first-order chi connectivity index (χ1) is 8.69. The lowest BCUT2D eigenvalue weighted by Crippen LogP contribution is -2.55. The van der Waals surface area contributed by atoms with Gasteiger partial charge >= 0.3 is 0 Å². The molecule has 3 fully saturated rings. The van der Waals surface area contributed by atoms with Crippen molar-refractivity contribution in [3.63, 3.8) is 0 Å². The van der Waals surface area contributed by atoms with Gasteiger partial charge in [-0.05, 0) is 67.6 Å². The molecular formula is C17H31N. The van der Waals surface area contributed by atoms with Gasteiger partial charge in [-0.2, -0.15) is 0 Å². The Morgan fingerprint density at radius 3 is 2.28 bits per heavy atom. The number of hydrogen-bond acceptors (Lipinski definition) is 1. The molecule has 0 aromatic rings. The van der Waals surface area contributed by atoms with E-state index in [4.69, 9.17) is 0 Å². The van der Waals surface area contributed by atoms with Gasteiger partial charge in [0, 0.05) is 13.1 Å². The molecule has 3 rings (SSSR count). The molecule has 3 aliphatic rings. The average Bonchev–Trinajstić information content (AvgIpc) is 2.70. The summed E-state index contributed by atoms with van der Waals surface area (Å²) < 4.78 is 0. The lowest BCUT2D eigenvalue weighted by atomic mass is 9.56. The van der Waals surface area contributed by atoms with Gasteiger partial charge in [-0.15, -0.1) is 0 Å². The summed E-state index contributed by atoms with van der Waals surface area (Å²) in [5.74, 6) is 2.15. The van der Waals surface area contributed by atoms with Gasteiger partial charge in [-0.25, -0.2) is 0 Å². The maximum atomic E-state index is 3.52. The highest BCUT2D eigenvalue weighted by molar-refractivity contribution is 5.03. The number of rotatable bonds is 5. The molecule has 2 saturated carbocycles. The molecule has 1 saturated heterocycles. The zero-order valence-corrected chi connectivity index (χ0v) is 12.4. The second kappa shape index (κ2) is 4.81. The van der Waals surface area contributed by atoms with Crippen LogP contribution < -0.4 is 5.32 Å².